The molecule has 3 heterocycles. The van der Waals surface area contributed by atoms with Crippen molar-refractivity contribution in [3.8, 4) is 17.6 Å². The molecule has 0 unspecified atom stereocenters. The second kappa shape index (κ2) is 14.2. The monoisotopic (exact) mass is 663 g/mol. The van der Waals surface area contributed by atoms with Crippen molar-refractivity contribution in [1.29, 1.82) is 0 Å². The second-order valence-corrected chi connectivity index (χ2v) is 12.1. The Morgan fingerprint density at radius 1 is 0.792 bits per heavy atom. The molecule has 1 aromatic heterocycles. The first-order chi connectivity index (χ1) is 23.2. The number of amides is 4. The van der Waals surface area contributed by atoms with Gasteiger partial charge in [-0.15, -0.1) is 0 Å². The van der Waals surface area contributed by atoms with Crippen molar-refractivity contribution in [1.82, 2.24) is 14.8 Å². The summed E-state index contributed by atoms with van der Waals surface area (Å²) in [6, 6.07) is 20.3. The number of aromatic nitrogens is 1. The predicted octanol–water partition coefficient (Wildman–Crippen LogP) is 5.49. The average Bonchev–Trinajstić information content (AvgIpc) is 3.79. The van der Waals surface area contributed by atoms with Crippen LogP contribution in [0.4, 0.5) is 11.4 Å². The highest BCUT2D eigenvalue weighted by Gasteiger charge is 2.36. The molecule has 2 saturated heterocycles. The van der Waals surface area contributed by atoms with Gasteiger partial charge in [0.15, 0.2) is 0 Å². The molecule has 4 amide bonds. The molecule has 0 aliphatic carbocycles. The summed E-state index contributed by atoms with van der Waals surface area (Å²) in [6.45, 7) is 2.52. The maximum absolute atomic E-state index is 13.7. The zero-order valence-corrected chi connectivity index (χ0v) is 27.3. The summed E-state index contributed by atoms with van der Waals surface area (Å²) in [4.78, 5) is 59.0. The lowest BCUT2D eigenvalue weighted by molar-refractivity contribution is -0.134. The molecular weight excluding hydrogens is 630 g/mol. The van der Waals surface area contributed by atoms with E-state index in [-0.39, 0.29) is 34.5 Å². The van der Waals surface area contributed by atoms with Crippen LogP contribution in [0, 0.1) is 11.8 Å². The van der Waals surface area contributed by atoms with Crippen molar-refractivity contribution < 1.29 is 23.9 Å². The Kier molecular flexibility index (Phi) is 9.60. The molecule has 0 radical (unpaired) electrons. The second-order valence-electron chi connectivity index (χ2n) is 11.8. The van der Waals surface area contributed by atoms with E-state index in [1.807, 2.05) is 24.3 Å². The first-order valence-corrected chi connectivity index (χ1v) is 16.1. The molecular formula is C37H34ClN5O5. The van der Waals surface area contributed by atoms with Crippen LogP contribution in [-0.4, -0.2) is 70.7 Å². The van der Waals surface area contributed by atoms with Gasteiger partial charge in [0.25, 0.3) is 5.91 Å². The van der Waals surface area contributed by atoms with Gasteiger partial charge in [-0.1, -0.05) is 35.6 Å². The Labute approximate surface area is 283 Å². The van der Waals surface area contributed by atoms with Gasteiger partial charge < -0.3 is 25.2 Å². The molecule has 4 aromatic rings. The Bertz CT molecular complexity index is 1950. The molecule has 0 bridgehead atoms. The summed E-state index contributed by atoms with van der Waals surface area (Å²) >= 11 is 6.28. The number of nitrogens with one attached hydrogen (secondary N) is 2. The minimum absolute atomic E-state index is 0.0934. The molecule has 11 heteroatoms. The Balaban J connectivity index is 1.07. The summed E-state index contributed by atoms with van der Waals surface area (Å²) in [5.74, 6) is 5.89. The molecule has 0 saturated carbocycles. The van der Waals surface area contributed by atoms with Crippen molar-refractivity contribution in [2.75, 3.05) is 30.8 Å². The first kappa shape index (κ1) is 32.5. The third-order valence-corrected chi connectivity index (χ3v) is 8.85. The number of carbonyl (C=O) groups is 4. The highest BCUT2D eigenvalue weighted by molar-refractivity contribution is 6.30. The molecule has 10 nitrogen and oxygen atoms in total. The van der Waals surface area contributed by atoms with Crippen LogP contribution in [0.25, 0.3) is 10.8 Å². The molecule has 48 heavy (non-hydrogen) atoms. The summed E-state index contributed by atoms with van der Waals surface area (Å²) in [5.41, 5.74) is 2.93. The summed E-state index contributed by atoms with van der Waals surface area (Å²) in [5, 5.41) is 7.28. The van der Waals surface area contributed by atoms with Gasteiger partial charge >= 0.3 is 0 Å². The number of carbonyl (C=O) groups excluding carboxylic acids is 4. The predicted molar refractivity (Wildman–Crippen MR) is 184 cm³/mol. The van der Waals surface area contributed by atoms with Gasteiger partial charge in [0.1, 0.15) is 28.7 Å². The SMILES string of the molecule is COc1cccc2c(C(=O)N3CCC[C@H]3C(=O)Nc3ccc(C#Cc4ccc(NC(=O)[C@@H]5CCCN5C(C)=O)cc4)cc3)nc(Cl)cc12. The average molecular weight is 664 g/mol. The number of methoxy groups -OCH3 is 1. The number of pyridine rings is 1. The minimum atomic E-state index is -0.655. The van der Waals surface area contributed by atoms with Crippen molar-refractivity contribution in [3.05, 3.63) is 94.8 Å². The van der Waals surface area contributed by atoms with Crippen molar-refractivity contribution >= 4 is 57.4 Å². The molecule has 6 rings (SSSR count). The summed E-state index contributed by atoms with van der Waals surface area (Å²) in [7, 11) is 1.55. The van der Waals surface area contributed by atoms with E-state index < -0.39 is 12.1 Å². The van der Waals surface area contributed by atoms with Crippen molar-refractivity contribution in [3.63, 3.8) is 0 Å². The standard InChI is InChI=1S/C37H34ClN5O5/c1-23(44)42-20-4-7-30(42)35(45)39-26-16-12-24(13-17-26)10-11-25-14-18-27(19-15-25)40-36(46)31-8-5-21-43(31)37(47)34-28-6-3-9-32(48-2)29(28)22-33(38)41-34/h3,6,9,12-19,22,30-31H,4-5,7-8,20-21H2,1-2H3,(H,39,45)(H,40,46)/t30-,31-/m0/s1. The van der Waals surface area contributed by atoms with E-state index in [0.717, 1.165) is 17.5 Å². The van der Waals surface area contributed by atoms with Crippen LogP contribution in [0.15, 0.2) is 72.8 Å². The minimum Gasteiger partial charge on any atom is -0.496 e. The van der Waals surface area contributed by atoms with Gasteiger partial charge in [0.05, 0.1) is 7.11 Å². The van der Waals surface area contributed by atoms with Crippen LogP contribution in [0.1, 0.15) is 54.2 Å². The van der Waals surface area contributed by atoms with Gasteiger partial charge in [-0.25, -0.2) is 4.98 Å². The van der Waals surface area contributed by atoms with E-state index in [0.29, 0.717) is 60.2 Å². The van der Waals surface area contributed by atoms with E-state index in [9.17, 15) is 19.2 Å². The number of likely N-dealkylation sites (tertiary alicyclic amines) is 2. The maximum atomic E-state index is 13.7. The Morgan fingerprint density at radius 3 is 1.88 bits per heavy atom. The number of halogens is 1. The van der Waals surface area contributed by atoms with Crippen LogP contribution < -0.4 is 15.4 Å². The summed E-state index contributed by atoms with van der Waals surface area (Å²) in [6.07, 6.45) is 2.69. The van der Waals surface area contributed by atoms with E-state index in [1.54, 1.807) is 65.4 Å². The first-order valence-electron chi connectivity index (χ1n) is 15.8. The number of ether oxygens (including phenoxy) is 1. The summed E-state index contributed by atoms with van der Waals surface area (Å²) < 4.78 is 5.45. The molecule has 2 aliphatic heterocycles. The largest absolute Gasteiger partial charge is 0.496 e. The van der Waals surface area contributed by atoms with Crippen molar-refractivity contribution in [2.24, 2.45) is 0 Å². The number of anilines is 2. The van der Waals surface area contributed by atoms with Crippen LogP contribution in [0.3, 0.4) is 0 Å². The van der Waals surface area contributed by atoms with Gasteiger partial charge in [-0.2, -0.15) is 0 Å². The maximum Gasteiger partial charge on any atom is 0.273 e. The molecule has 2 fully saturated rings. The molecule has 2 aliphatic rings. The van der Waals surface area contributed by atoms with E-state index in [4.69, 9.17) is 16.3 Å². The highest BCUT2D eigenvalue weighted by Crippen LogP contribution is 2.31. The highest BCUT2D eigenvalue weighted by atomic mass is 35.5. The number of benzene rings is 3. The number of hydrogen-bond donors (Lipinski definition) is 2. The Hall–Kier alpha value is -5.40. The van der Waals surface area contributed by atoms with Gasteiger partial charge in [0, 0.05) is 53.3 Å². The fourth-order valence-electron chi connectivity index (χ4n) is 6.26. The molecule has 0 spiro atoms. The van der Waals surface area contributed by atoms with E-state index >= 15 is 0 Å². The third kappa shape index (κ3) is 6.97. The van der Waals surface area contributed by atoms with Crippen LogP contribution in [0.2, 0.25) is 5.15 Å². The van der Waals surface area contributed by atoms with Gasteiger partial charge in [-0.05, 0) is 86.3 Å². The number of hydrogen-bond acceptors (Lipinski definition) is 6. The lowest BCUT2D eigenvalue weighted by Gasteiger charge is -2.24. The zero-order chi connectivity index (χ0) is 33.8. The van der Waals surface area contributed by atoms with Gasteiger partial charge in [0.2, 0.25) is 17.7 Å². The molecule has 244 valence electrons. The molecule has 2 N–H and O–H groups in total. The number of rotatable bonds is 6. The normalized spacial score (nSPS) is 17.1. The smallest absolute Gasteiger partial charge is 0.273 e. The molecule has 3 aromatic carbocycles. The number of fused-ring (bicyclic) bond motifs is 1. The quantitative estimate of drug-likeness (QED) is 0.208. The van der Waals surface area contributed by atoms with E-state index in [1.165, 1.54) is 6.92 Å². The van der Waals surface area contributed by atoms with Crippen LogP contribution in [0.5, 0.6) is 5.75 Å². The van der Waals surface area contributed by atoms with Crippen LogP contribution >= 0.6 is 11.6 Å². The molecule has 2 atom stereocenters. The Morgan fingerprint density at radius 2 is 1.33 bits per heavy atom. The van der Waals surface area contributed by atoms with Crippen molar-refractivity contribution in [2.45, 2.75) is 44.7 Å². The number of nitrogens with zero attached hydrogens (tertiary/aromatic N) is 3. The third-order valence-electron chi connectivity index (χ3n) is 8.66. The fourth-order valence-corrected chi connectivity index (χ4v) is 6.46. The van der Waals surface area contributed by atoms with Gasteiger partial charge in [-0.3, -0.25) is 19.2 Å². The van der Waals surface area contributed by atoms with Crippen LogP contribution in [-0.2, 0) is 14.4 Å². The topological polar surface area (TPSA) is 121 Å². The van der Waals surface area contributed by atoms with E-state index in [2.05, 4.69) is 27.5 Å². The zero-order valence-electron chi connectivity index (χ0n) is 26.6. The lowest BCUT2D eigenvalue weighted by atomic mass is 10.1. The lowest BCUT2D eigenvalue weighted by Crippen LogP contribution is -2.43. The fraction of sp³-hybridized carbons (Fsp3) is 0.270.